The maximum atomic E-state index is 13.6. The fourth-order valence-electron chi connectivity index (χ4n) is 3.23. The summed E-state index contributed by atoms with van der Waals surface area (Å²) in [5, 5.41) is 2.69. The largest absolute Gasteiger partial charge is 0.497 e. The molecule has 2 radical (unpaired) electrons. The van der Waals surface area contributed by atoms with Gasteiger partial charge in [0.1, 0.15) is 13.6 Å². The topological polar surface area (TPSA) is 56.2 Å². The summed E-state index contributed by atoms with van der Waals surface area (Å²) in [5.41, 5.74) is 1.73. The van der Waals surface area contributed by atoms with Gasteiger partial charge in [0.15, 0.2) is 0 Å². The number of halogens is 3. The van der Waals surface area contributed by atoms with E-state index in [0.717, 1.165) is 4.57 Å². The second kappa shape index (κ2) is 7.83. The van der Waals surface area contributed by atoms with Gasteiger partial charge in [-0.3, -0.25) is 9.36 Å². The molecule has 0 aliphatic carbocycles. The Bertz CT molecular complexity index is 1270. The Labute approximate surface area is 176 Å². The molecule has 154 valence electrons. The molecule has 0 fully saturated rings. The van der Waals surface area contributed by atoms with Crippen LogP contribution in [-0.4, -0.2) is 30.4 Å². The minimum atomic E-state index is -4.66. The number of hydrogen-bond acceptors (Lipinski definition) is 3. The van der Waals surface area contributed by atoms with E-state index < -0.39 is 17.9 Å². The van der Waals surface area contributed by atoms with Gasteiger partial charge in [0.25, 0.3) is 5.91 Å². The number of nitrogens with one attached hydrogen (secondary N) is 1. The van der Waals surface area contributed by atoms with Crippen molar-refractivity contribution in [2.75, 3.05) is 12.4 Å². The number of aromatic nitrogens is 2. The number of rotatable bonds is 4. The predicted molar refractivity (Wildman–Crippen MR) is 112 cm³/mol. The molecule has 3 aromatic carbocycles. The highest BCUT2D eigenvalue weighted by Gasteiger charge is 2.38. The molecule has 0 bridgehead atoms. The van der Waals surface area contributed by atoms with Crippen LogP contribution in [0.1, 0.15) is 16.2 Å². The molecule has 1 amide bonds. The van der Waals surface area contributed by atoms with E-state index in [9.17, 15) is 18.0 Å². The number of methoxy groups -OCH3 is 1. The van der Waals surface area contributed by atoms with Crippen LogP contribution in [0, 0.1) is 0 Å². The molecule has 0 saturated heterocycles. The van der Waals surface area contributed by atoms with Crippen LogP contribution in [0.4, 0.5) is 18.9 Å². The van der Waals surface area contributed by atoms with Gasteiger partial charge in [-0.1, -0.05) is 29.7 Å². The monoisotopic (exact) mass is 421 g/mol. The summed E-state index contributed by atoms with van der Waals surface area (Å²) in [6.07, 6.45) is -4.66. The number of hydrogen-bond donors (Lipinski definition) is 1. The third kappa shape index (κ3) is 3.99. The quantitative estimate of drug-likeness (QED) is 0.505. The lowest BCUT2D eigenvalue weighted by atomic mass is 9.90. The maximum Gasteiger partial charge on any atom is 0.450 e. The molecular formula is C22H15BF3N3O2. The molecule has 5 nitrogen and oxygen atoms in total. The van der Waals surface area contributed by atoms with E-state index in [1.54, 1.807) is 30.3 Å². The number of ether oxygens (including phenoxy) is 1. The Morgan fingerprint density at radius 2 is 1.77 bits per heavy atom. The normalized spacial score (nSPS) is 11.5. The zero-order chi connectivity index (χ0) is 22.2. The first kappa shape index (κ1) is 20.5. The second-order valence-corrected chi connectivity index (χ2v) is 6.71. The molecule has 0 atom stereocenters. The Morgan fingerprint density at radius 3 is 2.42 bits per heavy atom. The Hall–Kier alpha value is -3.75. The third-order valence-corrected chi connectivity index (χ3v) is 4.70. The van der Waals surface area contributed by atoms with Gasteiger partial charge in [0.2, 0.25) is 5.82 Å². The van der Waals surface area contributed by atoms with Crippen molar-refractivity contribution >= 4 is 35.9 Å². The number of carbonyl (C=O) groups excluding carboxylic acids is 1. The first-order chi connectivity index (χ1) is 14.8. The van der Waals surface area contributed by atoms with Crippen molar-refractivity contribution in [3.8, 4) is 11.4 Å². The summed E-state index contributed by atoms with van der Waals surface area (Å²) in [5.74, 6) is -1.06. The van der Waals surface area contributed by atoms with Gasteiger partial charge in [-0.25, -0.2) is 4.98 Å². The van der Waals surface area contributed by atoms with E-state index in [1.165, 1.54) is 43.5 Å². The molecule has 1 heterocycles. The summed E-state index contributed by atoms with van der Waals surface area (Å²) >= 11 is 0. The van der Waals surface area contributed by atoms with Gasteiger partial charge >= 0.3 is 6.18 Å². The number of carbonyl (C=O) groups is 1. The number of fused-ring (bicyclic) bond motifs is 1. The van der Waals surface area contributed by atoms with Gasteiger partial charge in [-0.15, -0.1) is 0 Å². The first-order valence-electron chi connectivity index (χ1n) is 9.18. The molecule has 0 spiro atoms. The van der Waals surface area contributed by atoms with Crippen LogP contribution in [0.5, 0.6) is 5.75 Å². The fraction of sp³-hybridized carbons (Fsp3) is 0.0909. The SMILES string of the molecule is [B]c1ccccc1C(=O)Nc1ccc(-n2c(C(F)(F)F)nc3cc(OC)ccc32)cc1. The molecule has 0 unspecified atom stereocenters. The highest BCUT2D eigenvalue weighted by atomic mass is 19.4. The highest BCUT2D eigenvalue weighted by molar-refractivity contribution is 6.37. The number of benzene rings is 3. The fourth-order valence-corrected chi connectivity index (χ4v) is 3.23. The molecule has 1 aromatic heterocycles. The van der Waals surface area contributed by atoms with Crippen LogP contribution in [-0.2, 0) is 6.18 Å². The number of imidazole rings is 1. The Balaban J connectivity index is 1.70. The average Bonchev–Trinajstić information content (AvgIpc) is 3.14. The van der Waals surface area contributed by atoms with E-state index in [4.69, 9.17) is 12.6 Å². The van der Waals surface area contributed by atoms with Crippen LogP contribution in [0.25, 0.3) is 16.7 Å². The van der Waals surface area contributed by atoms with Gasteiger partial charge in [-0.05, 0) is 36.4 Å². The molecule has 0 aliphatic rings. The van der Waals surface area contributed by atoms with Crippen molar-refractivity contribution in [3.63, 3.8) is 0 Å². The van der Waals surface area contributed by atoms with Crippen LogP contribution in [0.2, 0.25) is 0 Å². The van der Waals surface area contributed by atoms with Crippen molar-refractivity contribution in [1.82, 2.24) is 9.55 Å². The lowest BCUT2D eigenvalue weighted by molar-refractivity contribution is -0.145. The second-order valence-electron chi connectivity index (χ2n) is 6.71. The molecule has 9 heteroatoms. The van der Waals surface area contributed by atoms with Crippen molar-refractivity contribution < 1.29 is 22.7 Å². The Kier molecular flexibility index (Phi) is 5.18. The molecule has 0 aliphatic heterocycles. The maximum absolute atomic E-state index is 13.6. The van der Waals surface area contributed by atoms with Crippen molar-refractivity contribution in [3.05, 3.63) is 78.1 Å². The summed E-state index contributed by atoms with van der Waals surface area (Å²) in [7, 11) is 7.24. The number of anilines is 1. The Morgan fingerprint density at radius 1 is 1.06 bits per heavy atom. The zero-order valence-electron chi connectivity index (χ0n) is 16.3. The van der Waals surface area contributed by atoms with Gasteiger partial charge in [0, 0.05) is 23.0 Å². The van der Waals surface area contributed by atoms with Crippen LogP contribution in [0.15, 0.2) is 66.7 Å². The molecule has 4 aromatic rings. The van der Waals surface area contributed by atoms with Crippen LogP contribution >= 0.6 is 0 Å². The van der Waals surface area contributed by atoms with Crippen LogP contribution < -0.4 is 15.5 Å². The van der Waals surface area contributed by atoms with E-state index in [2.05, 4.69) is 10.3 Å². The molecule has 0 saturated carbocycles. The number of alkyl halides is 3. The van der Waals surface area contributed by atoms with Crippen molar-refractivity contribution in [1.29, 1.82) is 0 Å². The molecule has 1 N–H and O–H groups in total. The van der Waals surface area contributed by atoms with E-state index >= 15 is 0 Å². The lowest BCUT2D eigenvalue weighted by Gasteiger charge is -2.13. The van der Waals surface area contributed by atoms with Gasteiger partial charge < -0.3 is 10.1 Å². The smallest absolute Gasteiger partial charge is 0.450 e. The number of amides is 1. The van der Waals surface area contributed by atoms with Crippen molar-refractivity contribution in [2.24, 2.45) is 0 Å². The van der Waals surface area contributed by atoms with Gasteiger partial charge in [-0.2, -0.15) is 13.2 Å². The summed E-state index contributed by atoms with van der Waals surface area (Å²) < 4.78 is 47.0. The van der Waals surface area contributed by atoms with E-state index in [0.29, 0.717) is 22.5 Å². The van der Waals surface area contributed by atoms with Crippen molar-refractivity contribution in [2.45, 2.75) is 6.18 Å². The first-order valence-corrected chi connectivity index (χ1v) is 9.18. The summed E-state index contributed by atoms with van der Waals surface area (Å²) in [4.78, 5) is 16.2. The van der Waals surface area contributed by atoms with Gasteiger partial charge in [0.05, 0.1) is 18.1 Å². The average molecular weight is 421 g/mol. The number of nitrogens with zero attached hydrogens (tertiary/aromatic N) is 2. The van der Waals surface area contributed by atoms with Crippen LogP contribution in [0.3, 0.4) is 0 Å². The zero-order valence-corrected chi connectivity index (χ0v) is 16.3. The third-order valence-electron chi connectivity index (χ3n) is 4.70. The minimum Gasteiger partial charge on any atom is -0.497 e. The summed E-state index contributed by atoms with van der Waals surface area (Å²) in [6, 6.07) is 17.1. The minimum absolute atomic E-state index is 0.156. The highest BCUT2D eigenvalue weighted by Crippen LogP contribution is 2.35. The molecular weight excluding hydrogens is 406 g/mol. The molecule has 4 rings (SSSR count). The molecule has 31 heavy (non-hydrogen) atoms. The summed E-state index contributed by atoms with van der Waals surface area (Å²) in [6.45, 7) is 0. The lowest BCUT2D eigenvalue weighted by Crippen LogP contribution is -2.21. The predicted octanol–water partition coefficient (Wildman–Crippen LogP) is 4.10. The standard InChI is InChI=1S/C22H15BF3N3O2/c1-31-15-10-11-19-18(12-15)28-21(22(24,25)26)29(19)14-8-6-13(7-9-14)27-20(30)16-4-2-3-5-17(16)23/h2-12H,1H3,(H,27,30). The van der Waals surface area contributed by atoms with E-state index in [1.807, 2.05) is 0 Å². The van der Waals surface area contributed by atoms with E-state index in [-0.39, 0.29) is 16.7 Å².